The molecule has 2 N–H and O–H groups in total. The second-order valence-corrected chi connectivity index (χ2v) is 7.86. The highest BCUT2D eigenvalue weighted by atomic mass is 32.2. The van der Waals surface area contributed by atoms with Crippen molar-refractivity contribution in [2.75, 3.05) is 5.75 Å². The van der Waals surface area contributed by atoms with Crippen LogP contribution in [0.1, 0.15) is 48.1 Å². The SMILES string of the molecule is CCS[C@H]1CCC[C@@H]1NC(=O)c1cc(-c2c(C)nn(C)c2C)n[nH]1. The van der Waals surface area contributed by atoms with E-state index in [2.05, 4.69) is 27.5 Å². The molecule has 2 atom stereocenters. The van der Waals surface area contributed by atoms with Gasteiger partial charge in [-0.3, -0.25) is 14.6 Å². The molecule has 1 fully saturated rings. The number of aryl methyl sites for hydroxylation is 2. The molecule has 24 heavy (non-hydrogen) atoms. The van der Waals surface area contributed by atoms with Crippen LogP contribution in [0, 0.1) is 13.8 Å². The fourth-order valence-corrected chi connectivity index (χ4v) is 4.66. The molecule has 0 bridgehead atoms. The molecule has 1 aliphatic carbocycles. The Morgan fingerprint density at radius 3 is 2.92 bits per heavy atom. The van der Waals surface area contributed by atoms with Gasteiger partial charge in [-0.15, -0.1) is 0 Å². The van der Waals surface area contributed by atoms with Crippen LogP contribution >= 0.6 is 11.8 Å². The summed E-state index contributed by atoms with van der Waals surface area (Å²) < 4.78 is 1.84. The summed E-state index contributed by atoms with van der Waals surface area (Å²) in [5, 5.41) is 15.3. The summed E-state index contributed by atoms with van der Waals surface area (Å²) in [5.74, 6) is 1.02. The molecule has 7 heteroatoms. The van der Waals surface area contributed by atoms with Gasteiger partial charge in [-0.2, -0.15) is 22.0 Å². The average Bonchev–Trinajstić information content (AvgIpc) is 3.22. The number of aromatic amines is 1. The number of H-pyrrole nitrogens is 1. The normalized spacial score (nSPS) is 20.5. The summed E-state index contributed by atoms with van der Waals surface area (Å²) in [4.78, 5) is 12.6. The molecule has 0 radical (unpaired) electrons. The van der Waals surface area contributed by atoms with E-state index < -0.39 is 0 Å². The molecular formula is C17H25N5OS. The van der Waals surface area contributed by atoms with Gasteiger partial charge in [0.2, 0.25) is 0 Å². The highest BCUT2D eigenvalue weighted by Gasteiger charge is 2.29. The van der Waals surface area contributed by atoms with Crippen molar-refractivity contribution in [3.63, 3.8) is 0 Å². The summed E-state index contributed by atoms with van der Waals surface area (Å²) in [6.07, 6.45) is 3.43. The number of amides is 1. The molecule has 130 valence electrons. The first-order valence-corrected chi connectivity index (χ1v) is 9.54. The Morgan fingerprint density at radius 2 is 2.25 bits per heavy atom. The topological polar surface area (TPSA) is 75.6 Å². The number of thioether (sulfide) groups is 1. The van der Waals surface area contributed by atoms with Gasteiger partial charge in [0.1, 0.15) is 5.69 Å². The molecule has 6 nitrogen and oxygen atoms in total. The number of carbonyl (C=O) groups excluding carboxylic acids is 1. The van der Waals surface area contributed by atoms with Crippen LogP contribution in [0.15, 0.2) is 6.07 Å². The highest BCUT2D eigenvalue weighted by molar-refractivity contribution is 7.99. The molecule has 2 aromatic rings. The van der Waals surface area contributed by atoms with Crippen LogP contribution in [0.3, 0.4) is 0 Å². The van der Waals surface area contributed by atoms with E-state index in [1.54, 1.807) is 0 Å². The molecule has 0 spiro atoms. The summed E-state index contributed by atoms with van der Waals surface area (Å²) in [5.41, 5.74) is 4.24. The molecule has 3 rings (SSSR count). The van der Waals surface area contributed by atoms with Crippen molar-refractivity contribution in [1.29, 1.82) is 0 Å². The standard InChI is InChI=1S/C17H25N5OS/c1-5-24-15-8-6-7-12(15)18-17(23)14-9-13(19-20-14)16-10(2)21-22(4)11(16)3/h9,12,15H,5-8H2,1-4H3,(H,18,23)(H,19,20)/t12-,15-/m0/s1. The number of nitrogens with one attached hydrogen (secondary N) is 2. The molecule has 1 saturated carbocycles. The number of nitrogens with zero attached hydrogens (tertiary/aromatic N) is 3. The molecular weight excluding hydrogens is 322 g/mol. The van der Waals surface area contributed by atoms with Gasteiger partial charge in [-0.25, -0.2) is 0 Å². The Kier molecular flexibility index (Phi) is 4.99. The summed E-state index contributed by atoms with van der Waals surface area (Å²) in [7, 11) is 1.91. The van der Waals surface area contributed by atoms with E-state index in [1.165, 1.54) is 12.8 Å². The lowest BCUT2D eigenvalue weighted by molar-refractivity contribution is 0.0933. The zero-order chi connectivity index (χ0) is 17.3. The molecule has 2 aromatic heterocycles. The van der Waals surface area contributed by atoms with Crippen molar-refractivity contribution >= 4 is 17.7 Å². The smallest absolute Gasteiger partial charge is 0.269 e. The Balaban J connectivity index is 1.74. The van der Waals surface area contributed by atoms with Gasteiger partial charge in [0, 0.05) is 29.6 Å². The van der Waals surface area contributed by atoms with E-state index >= 15 is 0 Å². The molecule has 0 aromatic carbocycles. The van der Waals surface area contributed by atoms with E-state index in [0.717, 1.165) is 34.8 Å². The van der Waals surface area contributed by atoms with Crippen LogP contribution in [0.2, 0.25) is 0 Å². The fraction of sp³-hybridized carbons (Fsp3) is 0.588. The zero-order valence-corrected chi connectivity index (χ0v) is 15.5. The maximum Gasteiger partial charge on any atom is 0.269 e. The molecule has 0 saturated heterocycles. The Hall–Kier alpha value is -1.76. The Morgan fingerprint density at radius 1 is 1.46 bits per heavy atom. The third-order valence-corrected chi connectivity index (χ3v) is 6.06. The van der Waals surface area contributed by atoms with Crippen LogP contribution in [0.4, 0.5) is 0 Å². The molecule has 1 amide bonds. The third kappa shape index (κ3) is 3.22. The highest BCUT2D eigenvalue weighted by Crippen LogP contribution is 2.30. The van der Waals surface area contributed by atoms with Crippen LogP contribution < -0.4 is 5.32 Å². The lowest BCUT2D eigenvalue weighted by Gasteiger charge is -2.19. The van der Waals surface area contributed by atoms with E-state index in [1.807, 2.05) is 43.4 Å². The monoisotopic (exact) mass is 347 g/mol. The quantitative estimate of drug-likeness (QED) is 0.872. The minimum atomic E-state index is -0.0680. The van der Waals surface area contributed by atoms with Crippen molar-refractivity contribution in [2.24, 2.45) is 7.05 Å². The summed E-state index contributed by atoms with van der Waals surface area (Å²) in [6, 6.07) is 2.08. The number of hydrogen-bond donors (Lipinski definition) is 2. The van der Waals surface area contributed by atoms with Crippen molar-refractivity contribution in [3.05, 3.63) is 23.1 Å². The second kappa shape index (κ2) is 7.01. The van der Waals surface area contributed by atoms with Crippen molar-refractivity contribution < 1.29 is 4.79 Å². The number of aromatic nitrogens is 4. The Labute approximate surface area is 146 Å². The lowest BCUT2D eigenvalue weighted by Crippen LogP contribution is -2.39. The third-order valence-electron chi connectivity index (χ3n) is 4.74. The van der Waals surface area contributed by atoms with Gasteiger partial charge in [-0.1, -0.05) is 13.3 Å². The summed E-state index contributed by atoms with van der Waals surface area (Å²) >= 11 is 1.94. The molecule has 0 unspecified atom stereocenters. The van der Waals surface area contributed by atoms with E-state index in [-0.39, 0.29) is 11.9 Å². The minimum absolute atomic E-state index is 0.0680. The van der Waals surface area contributed by atoms with Gasteiger partial charge in [0.05, 0.1) is 11.4 Å². The number of hydrogen-bond acceptors (Lipinski definition) is 4. The van der Waals surface area contributed by atoms with Crippen molar-refractivity contribution in [3.8, 4) is 11.3 Å². The van der Waals surface area contributed by atoms with Crippen LogP contribution in [0.25, 0.3) is 11.3 Å². The first-order chi connectivity index (χ1) is 11.5. The molecule has 2 heterocycles. The zero-order valence-electron chi connectivity index (χ0n) is 14.7. The maximum atomic E-state index is 12.6. The second-order valence-electron chi connectivity index (χ2n) is 6.34. The van der Waals surface area contributed by atoms with Crippen LogP contribution in [-0.2, 0) is 7.05 Å². The van der Waals surface area contributed by atoms with E-state index in [9.17, 15) is 4.79 Å². The fourth-order valence-electron chi connectivity index (χ4n) is 3.46. The van der Waals surface area contributed by atoms with Crippen molar-refractivity contribution in [2.45, 2.75) is 51.3 Å². The largest absolute Gasteiger partial charge is 0.347 e. The minimum Gasteiger partial charge on any atom is -0.347 e. The first-order valence-electron chi connectivity index (χ1n) is 8.49. The van der Waals surface area contributed by atoms with Crippen LogP contribution in [0.5, 0.6) is 0 Å². The molecule has 0 aliphatic heterocycles. The van der Waals surface area contributed by atoms with E-state index in [4.69, 9.17) is 0 Å². The molecule has 1 aliphatic rings. The van der Waals surface area contributed by atoms with E-state index in [0.29, 0.717) is 10.9 Å². The van der Waals surface area contributed by atoms with Crippen LogP contribution in [-0.4, -0.2) is 42.9 Å². The number of rotatable bonds is 5. The van der Waals surface area contributed by atoms with Gasteiger partial charge in [0.25, 0.3) is 5.91 Å². The predicted molar refractivity (Wildman–Crippen MR) is 97.3 cm³/mol. The lowest BCUT2D eigenvalue weighted by atomic mass is 10.1. The predicted octanol–water partition coefficient (Wildman–Crippen LogP) is 2.83. The average molecular weight is 347 g/mol. The van der Waals surface area contributed by atoms with Gasteiger partial charge in [-0.05, 0) is 38.5 Å². The first kappa shape index (κ1) is 17.1. The maximum absolute atomic E-state index is 12.6. The Bertz CT molecular complexity index is 735. The van der Waals surface area contributed by atoms with Gasteiger partial charge < -0.3 is 5.32 Å². The summed E-state index contributed by atoms with van der Waals surface area (Å²) in [6.45, 7) is 6.14. The van der Waals surface area contributed by atoms with Gasteiger partial charge in [0.15, 0.2) is 0 Å². The van der Waals surface area contributed by atoms with Gasteiger partial charge >= 0.3 is 0 Å². The van der Waals surface area contributed by atoms with Crippen molar-refractivity contribution in [1.82, 2.24) is 25.3 Å². The number of carbonyl (C=O) groups is 1.